The van der Waals surface area contributed by atoms with Gasteiger partial charge in [-0.2, -0.15) is 0 Å². The third kappa shape index (κ3) is 4.74. The van der Waals surface area contributed by atoms with E-state index in [0.717, 1.165) is 4.88 Å². The summed E-state index contributed by atoms with van der Waals surface area (Å²) in [4.78, 5) is 14.3. The molecule has 0 aliphatic rings. The number of carbonyl (C=O) groups excluding carboxylic acids is 1. The highest BCUT2D eigenvalue weighted by Crippen LogP contribution is 2.28. The van der Waals surface area contributed by atoms with Gasteiger partial charge in [-0.05, 0) is 43.0 Å². The van der Waals surface area contributed by atoms with E-state index in [2.05, 4.69) is 4.72 Å². The molecule has 1 aromatic carbocycles. The summed E-state index contributed by atoms with van der Waals surface area (Å²) >= 11 is 7.50. The topological polar surface area (TPSA) is 66.5 Å². The summed E-state index contributed by atoms with van der Waals surface area (Å²) in [5.41, 5.74) is 1.06. The highest BCUT2D eigenvalue weighted by Gasteiger charge is 2.20. The van der Waals surface area contributed by atoms with Crippen LogP contribution in [0.25, 0.3) is 0 Å². The number of amides is 1. The van der Waals surface area contributed by atoms with Crippen LogP contribution in [0.4, 0.5) is 5.69 Å². The first-order valence-electron chi connectivity index (χ1n) is 7.86. The lowest BCUT2D eigenvalue weighted by atomic mass is 10.2. The van der Waals surface area contributed by atoms with Crippen LogP contribution in [0.5, 0.6) is 0 Å². The lowest BCUT2D eigenvalue weighted by Gasteiger charge is -2.19. The molecule has 136 valence electrons. The summed E-state index contributed by atoms with van der Waals surface area (Å²) in [5, 5.41) is 2.25. The summed E-state index contributed by atoms with van der Waals surface area (Å²) in [5.74, 6) is 0.00994. The first kappa shape index (κ1) is 19.8. The quantitative estimate of drug-likeness (QED) is 0.765. The number of rotatable bonds is 7. The Kier molecular flexibility index (Phi) is 6.48. The van der Waals surface area contributed by atoms with Gasteiger partial charge in [-0.25, -0.2) is 8.42 Å². The molecule has 1 N–H and O–H groups in total. The van der Waals surface area contributed by atoms with E-state index in [9.17, 15) is 13.2 Å². The fourth-order valence-corrected chi connectivity index (χ4v) is 4.96. The highest BCUT2D eigenvalue weighted by molar-refractivity contribution is 7.92. The van der Waals surface area contributed by atoms with Gasteiger partial charge in [-0.1, -0.05) is 17.7 Å². The van der Waals surface area contributed by atoms with Crippen molar-refractivity contribution in [3.8, 4) is 0 Å². The maximum atomic E-state index is 12.7. The fourth-order valence-electron chi connectivity index (χ4n) is 2.48. The third-order valence-corrected chi connectivity index (χ3v) is 6.83. The average molecular weight is 401 g/mol. The third-order valence-electron chi connectivity index (χ3n) is 3.93. The zero-order valence-corrected chi connectivity index (χ0v) is 16.8. The van der Waals surface area contributed by atoms with E-state index in [4.69, 9.17) is 11.6 Å². The van der Waals surface area contributed by atoms with Gasteiger partial charge < -0.3 is 4.90 Å². The van der Waals surface area contributed by atoms with Gasteiger partial charge in [0.15, 0.2) is 0 Å². The molecule has 8 heteroatoms. The van der Waals surface area contributed by atoms with E-state index in [1.165, 1.54) is 24.3 Å². The van der Waals surface area contributed by atoms with Crippen LogP contribution in [0.3, 0.4) is 0 Å². The molecule has 1 heterocycles. The predicted molar refractivity (Wildman–Crippen MR) is 103 cm³/mol. The van der Waals surface area contributed by atoms with Gasteiger partial charge in [0.05, 0.1) is 10.6 Å². The van der Waals surface area contributed by atoms with Crippen LogP contribution in [0, 0.1) is 6.92 Å². The highest BCUT2D eigenvalue weighted by atomic mass is 35.5. The molecule has 0 unspecified atom stereocenters. The molecule has 1 aromatic heterocycles. The molecule has 0 radical (unpaired) electrons. The molecule has 0 saturated carbocycles. The van der Waals surface area contributed by atoms with E-state index in [1.54, 1.807) is 30.0 Å². The van der Waals surface area contributed by atoms with Gasteiger partial charge in [0.2, 0.25) is 5.91 Å². The second-order valence-corrected chi connectivity index (χ2v) is 8.63. The van der Waals surface area contributed by atoms with Crippen molar-refractivity contribution in [2.75, 3.05) is 17.8 Å². The monoisotopic (exact) mass is 400 g/mol. The first-order valence-corrected chi connectivity index (χ1v) is 10.6. The van der Waals surface area contributed by atoms with Crippen LogP contribution in [0.15, 0.2) is 34.5 Å². The van der Waals surface area contributed by atoms with Crippen molar-refractivity contribution in [2.24, 2.45) is 0 Å². The molecule has 0 atom stereocenters. The van der Waals surface area contributed by atoms with Crippen molar-refractivity contribution < 1.29 is 13.2 Å². The number of hydrogen-bond acceptors (Lipinski definition) is 4. The van der Waals surface area contributed by atoms with Gasteiger partial charge in [0.25, 0.3) is 10.0 Å². The molecule has 0 aliphatic heterocycles. The van der Waals surface area contributed by atoms with E-state index in [0.29, 0.717) is 35.8 Å². The SMILES string of the molecule is CCN(CCc1sccc1NS(=O)(=O)c1cccc(Cl)c1C)C(C)=O. The van der Waals surface area contributed by atoms with Crippen molar-refractivity contribution in [3.05, 3.63) is 45.1 Å². The van der Waals surface area contributed by atoms with Crippen molar-refractivity contribution in [3.63, 3.8) is 0 Å². The molecule has 0 saturated heterocycles. The minimum atomic E-state index is -3.73. The summed E-state index contributed by atoms with van der Waals surface area (Å²) in [6, 6.07) is 6.54. The fraction of sp³-hybridized carbons (Fsp3) is 0.353. The van der Waals surface area contributed by atoms with E-state index in [-0.39, 0.29) is 10.8 Å². The Balaban J connectivity index is 2.20. The maximum absolute atomic E-state index is 12.7. The van der Waals surface area contributed by atoms with Crippen LogP contribution >= 0.6 is 22.9 Å². The Bertz CT molecular complexity index is 863. The zero-order valence-electron chi connectivity index (χ0n) is 14.4. The summed E-state index contributed by atoms with van der Waals surface area (Å²) in [6.07, 6.45) is 0.595. The number of carbonyl (C=O) groups is 1. The predicted octanol–water partition coefficient (Wildman–Crippen LogP) is 3.92. The summed E-state index contributed by atoms with van der Waals surface area (Å²) < 4.78 is 28.0. The lowest BCUT2D eigenvalue weighted by Crippen LogP contribution is -2.30. The molecule has 2 rings (SSSR count). The number of likely N-dealkylation sites (N-methyl/N-ethyl adjacent to an activating group) is 1. The molecule has 2 aromatic rings. The van der Waals surface area contributed by atoms with Crippen LogP contribution < -0.4 is 4.72 Å². The Morgan fingerprint density at radius 3 is 2.68 bits per heavy atom. The molecular formula is C17H21ClN2O3S2. The normalized spacial score (nSPS) is 11.4. The number of hydrogen-bond donors (Lipinski definition) is 1. The molecule has 25 heavy (non-hydrogen) atoms. The largest absolute Gasteiger partial charge is 0.343 e. The number of nitrogens with zero attached hydrogens (tertiary/aromatic N) is 1. The summed E-state index contributed by atoms with van der Waals surface area (Å²) in [7, 11) is -3.73. The van der Waals surface area contributed by atoms with Gasteiger partial charge in [-0.15, -0.1) is 11.3 Å². The van der Waals surface area contributed by atoms with Crippen LogP contribution in [0.1, 0.15) is 24.3 Å². The average Bonchev–Trinajstić information content (AvgIpc) is 2.96. The zero-order chi connectivity index (χ0) is 18.6. The number of anilines is 1. The Morgan fingerprint density at radius 1 is 1.32 bits per heavy atom. The Hall–Kier alpha value is -1.57. The number of nitrogens with one attached hydrogen (secondary N) is 1. The van der Waals surface area contributed by atoms with Crippen LogP contribution in [-0.2, 0) is 21.2 Å². The smallest absolute Gasteiger partial charge is 0.262 e. The van der Waals surface area contributed by atoms with Gasteiger partial charge in [0.1, 0.15) is 0 Å². The molecule has 0 spiro atoms. The molecule has 0 aliphatic carbocycles. The van der Waals surface area contributed by atoms with Crippen molar-refractivity contribution in [1.29, 1.82) is 0 Å². The van der Waals surface area contributed by atoms with Crippen LogP contribution in [0.2, 0.25) is 5.02 Å². The van der Waals surface area contributed by atoms with Crippen molar-refractivity contribution in [2.45, 2.75) is 32.1 Å². The Labute approximate surface area is 157 Å². The minimum absolute atomic E-state index is 0.00994. The van der Waals surface area contributed by atoms with Crippen LogP contribution in [-0.4, -0.2) is 32.3 Å². The molecule has 0 fully saturated rings. The van der Waals surface area contributed by atoms with Crippen molar-refractivity contribution >= 4 is 44.6 Å². The summed E-state index contributed by atoms with van der Waals surface area (Å²) in [6.45, 7) is 6.31. The molecular weight excluding hydrogens is 380 g/mol. The molecule has 1 amide bonds. The second kappa shape index (κ2) is 8.21. The number of halogens is 1. The number of benzene rings is 1. The van der Waals surface area contributed by atoms with Gasteiger partial charge in [-0.3, -0.25) is 9.52 Å². The van der Waals surface area contributed by atoms with Gasteiger partial charge in [0, 0.05) is 36.3 Å². The lowest BCUT2D eigenvalue weighted by molar-refractivity contribution is -0.128. The Morgan fingerprint density at radius 2 is 2.04 bits per heavy atom. The maximum Gasteiger partial charge on any atom is 0.262 e. The first-order chi connectivity index (χ1) is 11.8. The van der Waals surface area contributed by atoms with Crippen molar-refractivity contribution in [1.82, 2.24) is 4.90 Å². The molecule has 0 bridgehead atoms. The number of thiophene rings is 1. The molecule has 5 nitrogen and oxygen atoms in total. The number of sulfonamides is 1. The standard InChI is InChI=1S/C17H21ClN2O3S2/c1-4-20(13(3)21)10-8-16-15(9-11-24-16)19-25(22,23)17-7-5-6-14(18)12(17)2/h5-7,9,11,19H,4,8,10H2,1-3H3. The van der Waals surface area contributed by atoms with E-state index >= 15 is 0 Å². The minimum Gasteiger partial charge on any atom is -0.343 e. The second-order valence-electron chi connectivity index (χ2n) is 5.57. The van der Waals surface area contributed by atoms with Gasteiger partial charge >= 0.3 is 0 Å². The van der Waals surface area contributed by atoms with E-state index < -0.39 is 10.0 Å². The van der Waals surface area contributed by atoms with E-state index in [1.807, 2.05) is 12.3 Å².